The maximum Gasteiger partial charge on any atom is 0.228 e. The highest BCUT2D eigenvalue weighted by atomic mass is 16.2. The summed E-state index contributed by atoms with van der Waals surface area (Å²) in [5.41, 5.74) is 8.41. The van der Waals surface area contributed by atoms with E-state index in [1.54, 1.807) is 0 Å². The predicted molar refractivity (Wildman–Crippen MR) is 120 cm³/mol. The average Bonchev–Trinajstić information content (AvgIpc) is 2.75. The van der Waals surface area contributed by atoms with Gasteiger partial charge in [-0.05, 0) is 53.4 Å². The van der Waals surface area contributed by atoms with Crippen LogP contribution in [0.5, 0.6) is 0 Å². The molecule has 0 aliphatic carbocycles. The molecule has 1 saturated heterocycles. The number of anilines is 1. The number of rotatable bonds is 6. The molecule has 2 amide bonds. The maximum atomic E-state index is 12.5. The number of fused-ring (bicyclic) bond motifs is 1. The molecule has 0 aromatic heterocycles. The van der Waals surface area contributed by atoms with E-state index < -0.39 is 0 Å². The smallest absolute Gasteiger partial charge is 0.228 e. The largest absolute Gasteiger partial charge is 0.369 e. The highest BCUT2D eigenvalue weighted by Crippen LogP contribution is 2.20. The van der Waals surface area contributed by atoms with Crippen LogP contribution < -0.4 is 11.1 Å². The fraction of sp³-hybridized carbons (Fsp3) is 0.280. The maximum absolute atomic E-state index is 12.5. The first kappa shape index (κ1) is 20.1. The van der Waals surface area contributed by atoms with Crippen LogP contribution in [-0.2, 0) is 22.6 Å². The molecular weight excluding hydrogens is 374 g/mol. The molecule has 1 unspecified atom stereocenters. The van der Waals surface area contributed by atoms with E-state index in [0.29, 0.717) is 6.42 Å². The Morgan fingerprint density at radius 1 is 0.967 bits per heavy atom. The van der Waals surface area contributed by atoms with Crippen molar-refractivity contribution in [2.75, 3.05) is 18.4 Å². The second-order valence-electron chi connectivity index (χ2n) is 8.08. The van der Waals surface area contributed by atoms with Gasteiger partial charge in [0.1, 0.15) is 0 Å². The lowest BCUT2D eigenvalue weighted by Gasteiger charge is -2.31. The van der Waals surface area contributed by atoms with E-state index in [0.717, 1.165) is 54.7 Å². The molecule has 0 bridgehead atoms. The van der Waals surface area contributed by atoms with E-state index in [9.17, 15) is 9.59 Å². The summed E-state index contributed by atoms with van der Waals surface area (Å²) >= 11 is 0. The minimum absolute atomic E-state index is 0.0293. The number of primary amides is 1. The van der Waals surface area contributed by atoms with Crippen molar-refractivity contribution >= 4 is 28.3 Å². The lowest BCUT2D eigenvalue weighted by atomic mass is 9.97. The minimum Gasteiger partial charge on any atom is -0.369 e. The van der Waals surface area contributed by atoms with Gasteiger partial charge in [0.2, 0.25) is 11.8 Å². The van der Waals surface area contributed by atoms with Crippen LogP contribution in [0.25, 0.3) is 10.8 Å². The first-order chi connectivity index (χ1) is 14.6. The second kappa shape index (κ2) is 9.09. The molecule has 5 heteroatoms. The Morgan fingerprint density at radius 3 is 2.47 bits per heavy atom. The van der Waals surface area contributed by atoms with E-state index in [-0.39, 0.29) is 17.7 Å². The molecule has 3 N–H and O–H groups in total. The van der Waals surface area contributed by atoms with Gasteiger partial charge < -0.3 is 11.1 Å². The van der Waals surface area contributed by atoms with Gasteiger partial charge in [0, 0.05) is 18.8 Å². The van der Waals surface area contributed by atoms with Gasteiger partial charge in [0.15, 0.2) is 0 Å². The Morgan fingerprint density at radius 2 is 1.70 bits per heavy atom. The van der Waals surface area contributed by atoms with Gasteiger partial charge in [-0.15, -0.1) is 0 Å². The number of hydrogen-bond acceptors (Lipinski definition) is 3. The zero-order valence-corrected chi connectivity index (χ0v) is 17.0. The molecule has 1 fully saturated rings. The Hall–Kier alpha value is -3.18. The number of benzene rings is 3. The minimum atomic E-state index is -0.204. The van der Waals surface area contributed by atoms with Crippen molar-refractivity contribution in [3.63, 3.8) is 0 Å². The summed E-state index contributed by atoms with van der Waals surface area (Å²) in [6, 6.07) is 22.2. The fourth-order valence-corrected chi connectivity index (χ4v) is 4.12. The third kappa shape index (κ3) is 5.05. The second-order valence-corrected chi connectivity index (χ2v) is 8.08. The summed E-state index contributed by atoms with van der Waals surface area (Å²) in [6.45, 7) is 2.49. The third-order valence-electron chi connectivity index (χ3n) is 5.73. The number of carbonyl (C=O) groups is 2. The standard InChI is InChI=1S/C25H27N3O2/c26-25(30)22-6-3-13-28(17-22)16-18-8-11-23(12-9-18)27-24(29)15-19-7-10-20-4-1-2-5-21(20)14-19/h1-2,4-5,7-12,14,22H,3,6,13,15-17H2,(H2,26,30)(H,27,29). The van der Waals surface area contributed by atoms with Gasteiger partial charge in [-0.1, -0.05) is 54.6 Å². The van der Waals surface area contributed by atoms with E-state index in [1.165, 1.54) is 5.39 Å². The lowest BCUT2D eigenvalue weighted by molar-refractivity contribution is -0.123. The molecule has 4 rings (SSSR count). The molecule has 0 saturated carbocycles. The van der Waals surface area contributed by atoms with E-state index in [4.69, 9.17) is 5.73 Å². The van der Waals surface area contributed by atoms with Crippen LogP contribution in [0.3, 0.4) is 0 Å². The molecule has 1 heterocycles. The molecular formula is C25H27N3O2. The van der Waals surface area contributed by atoms with Crippen molar-refractivity contribution < 1.29 is 9.59 Å². The fourth-order valence-electron chi connectivity index (χ4n) is 4.12. The van der Waals surface area contributed by atoms with Crippen molar-refractivity contribution in [3.8, 4) is 0 Å². The normalized spacial score (nSPS) is 17.0. The molecule has 5 nitrogen and oxygen atoms in total. The first-order valence-electron chi connectivity index (χ1n) is 10.4. The Bertz CT molecular complexity index is 1050. The van der Waals surface area contributed by atoms with Gasteiger partial charge in [-0.25, -0.2) is 0 Å². The summed E-state index contributed by atoms with van der Waals surface area (Å²) in [4.78, 5) is 26.2. The van der Waals surface area contributed by atoms with Crippen LogP contribution in [-0.4, -0.2) is 29.8 Å². The van der Waals surface area contributed by atoms with Crippen LogP contribution >= 0.6 is 0 Å². The zero-order chi connectivity index (χ0) is 20.9. The molecule has 0 spiro atoms. The Kier molecular flexibility index (Phi) is 6.10. The number of nitrogens with one attached hydrogen (secondary N) is 1. The highest BCUT2D eigenvalue weighted by molar-refractivity contribution is 5.93. The topological polar surface area (TPSA) is 75.4 Å². The van der Waals surface area contributed by atoms with Crippen molar-refractivity contribution in [2.45, 2.75) is 25.8 Å². The van der Waals surface area contributed by atoms with Crippen LogP contribution in [0.2, 0.25) is 0 Å². The van der Waals surface area contributed by atoms with Gasteiger partial charge in [0.05, 0.1) is 12.3 Å². The average molecular weight is 402 g/mol. The quantitative estimate of drug-likeness (QED) is 0.661. The number of hydrogen-bond donors (Lipinski definition) is 2. The zero-order valence-electron chi connectivity index (χ0n) is 17.0. The van der Waals surface area contributed by atoms with Crippen LogP contribution in [0, 0.1) is 5.92 Å². The van der Waals surface area contributed by atoms with Crippen molar-refractivity contribution in [1.82, 2.24) is 4.90 Å². The Labute approximate surface area is 176 Å². The summed E-state index contributed by atoms with van der Waals surface area (Å²) < 4.78 is 0. The number of nitrogens with zero attached hydrogens (tertiary/aromatic N) is 1. The third-order valence-corrected chi connectivity index (χ3v) is 5.73. The molecule has 0 radical (unpaired) electrons. The summed E-state index contributed by atoms with van der Waals surface area (Å²) in [7, 11) is 0. The molecule has 1 atom stereocenters. The molecule has 1 aliphatic heterocycles. The van der Waals surface area contributed by atoms with Gasteiger partial charge in [-0.3, -0.25) is 14.5 Å². The number of piperidine rings is 1. The molecule has 30 heavy (non-hydrogen) atoms. The molecule has 1 aliphatic rings. The van der Waals surface area contributed by atoms with Crippen LogP contribution in [0.15, 0.2) is 66.7 Å². The van der Waals surface area contributed by atoms with Crippen molar-refractivity contribution in [1.29, 1.82) is 0 Å². The van der Waals surface area contributed by atoms with Crippen molar-refractivity contribution in [2.24, 2.45) is 11.7 Å². The van der Waals surface area contributed by atoms with Gasteiger partial charge in [-0.2, -0.15) is 0 Å². The van der Waals surface area contributed by atoms with Gasteiger partial charge in [0.25, 0.3) is 0 Å². The monoisotopic (exact) mass is 401 g/mol. The number of nitrogens with two attached hydrogens (primary N) is 1. The van der Waals surface area contributed by atoms with E-state index >= 15 is 0 Å². The van der Waals surface area contributed by atoms with Crippen LogP contribution in [0.4, 0.5) is 5.69 Å². The van der Waals surface area contributed by atoms with Crippen LogP contribution in [0.1, 0.15) is 24.0 Å². The summed E-state index contributed by atoms with van der Waals surface area (Å²) in [5, 5.41) is 5.29. The molecule has 3 aromatic carbocycles. The number of likely N-dealkylation sites (tertiary alicyclic amines) is 1. The SMILES string of the molecule is NC(=O)C1CCCN(Cc2ccc(NC(=O)Cc3ccc4ccccc4c3)cc2)C1. The van der Waals surface area contributed by atoms with Crippen molar-refractivity contribution in [3.05, 3.63) is 77.9 Å². The van der Waals surface area contributed by atoms with E-state index in [2.05, 4.69) is 34.5 Å². The predicted octanol–water partition coefficient (Wildman–Crippen LogP) is 3.72. The Balaban J connectivity index is 1.32. The molecule has 3 aromatic rings. The van der Waals surface area contributed by atoms with Gasteiger partial charge >= 0.3 is 0 Å². The summed E-state index contributed by atoms with van der Waals surface area (Å²) in [5.74, 6) is -0.282. The number of amides is 2. The van der Waals surface area contributed by atoms with E-state index in [1.807, 2.05) is 42.5 Å². The number of carbonyl (C=O) groups excluding carboxylic acids is 2. The lowest BCUT2D eigenvalue weighted by Crippen LogP contribution is -2.40. The highest BCUT2D eigenvalue weighted by Gasteiger charge is 2.23. The summed E-state index contributed by atoms with van der Waals surface area (Å²) in [6.07, 6.45) is 2.22. The first-order valence-corrected chi connectivity index (χ1v) is 10.4. The molecule has 154 valence electrons.